The van der Waals surface area contributed by atoms with E-state index >= 15 is 0 Å². The van der Waals surface area contributed by atoms with Gasteiger partial charge in [0.25, 0.3) is 0 Å². The average molecular weight is 227 g/mol. The summed E-state index contributed by atoms with van der Waals surface area (Å²) in [6, 6.07) is 0. The summed E-state index contributed by atoms with van der Waals surface area (Å²) in [4.78, 5) is 0. The van der Waals surface area contributed by atoms with E-state index in [9.17, 15) is 0 Å². The van der Waals surface area contributed by atoms with Crippen molar-refractivity contribution in [1.29, 1.82) is 0 Å². The van der Waals surface area contributed by atoms with Gasteiger partial charge in [0.1, 0.15) is 11.0 Å². The SMILES string of the molecule is CN/C(Cl)=C\C(Br)=C(N)N. The Hall–Kier alpha value is -0.350. The van der Waals surface area contributed by atoms with Gasteiger partial charge in [-0.05, 0) is 22.0 Å². The fourth-order valence-corrected chi connectivity index (χ4v) is 0.737. The average Bonchev–Trinajstić information content (AvgIpc) is 1.87. The molecule has 0 aliphatic rings. The zero-order chi connectivity index (χ0) is 8.15. The number of nitrogens with two attached hydrogens (primary N) is 2. The Balaban J connectivity index is 4.27. The smallest absolute Gasteiger partial charge is 0.108 e. The van der Waals surface area contributed by atoms with Crippen molar-refractivity contribution < 1.29 is 0 Å². The van der Waals surface area contributed by atoms with Gasteiger partial charge in [-0.15, -0.1) is 0 Å². The summed E-state index contributed by atoms with van der Waals surface area (Å²) in [6.07, 6.45) is 1.58. The lowest BCUT2D eigenvalue weighted by Crippen LogP contribution is -2.09. The molecule has 5 heteroatoms. The third kappa shape index (κ3) is 3.63. The molecule has 0 bridgehead atoms. The third-order valence-corrected chi connectivity index (χ3v) is 1.75. The third-order valence-electron chi connectivity index (χ3n) is 0.768. The molecule has 0 atom stereocenters. The van der Waals surface area contributed by atoms with Gasteiger partial charge in [0.2, 0.25) is 0 Å². The van der Waals surface area contributed by atoms with Crippen LogP contribution < -0.4 is 16.8 Å². The van der Waals surface area contributed by atoms with Crippen LogP contribution in [-0.4, -0.2) is 7.05 Å². The summed E-state index contributed by atoms with van der Waals surface area (Å²) in [5.74, 6) is 0.202. The number of hydrogen-bond donors (Lipinski definition) is 3. The summed E-state index contributed by atoms with van der Waals surface area (Å²) >= 11 is 8.69. The van der Waals surface area contributed by atoms with Crippen LogP contribution in [-0.2, 0) is 0 Å². The minimum atomic E-state index is 0.202. The van der Waals surface area contributed by atoms with Crippen molar-refractivity contribution in [1.82, 2.24) is 5.32 Å². The van der Waals surface area contributed by atoms with Gasteiger partial charge in [0.15, 0.2) is 0 Å². The number of hydrogen-bond acceptors (Lipinski definition) is 3. The number of halogens is 2. The van der Waals surface area contributed by atoms with Gasteiger partial charge in [-0.1, -0.05) is 11.6 Å². The Morgan fingerprint density at radius 2 is 2.10 bits per heavy atom. The lowest BCUT2D eigenvalue weighted by Gasteiger charge is -1.96. The van der Waals surface area contributed by atoms with Crippen LogP contribution >= 0.6 is 27.5 Å². The highest BCUT2D eigenvalue weighted by molar-refractivity contribution is 9.11. The highest BCUT2D eigenvalue weighted by atomic mass is 79.9. The summed E-state index contributed by atoms with van der Waals surface area (Å²) in [7, 11) is 1.70. The maximum Gasteiger partial charge on any atom is 0.108 e. The zero-order valence-corrected chi connectivity index (χ0v) is 7.83. The molecule has 0 heterocycles. The maximum absolute atomic E-state index is 5.58. The zero-order valence-electron chi connectivity index (χ0n) is 5.49. The molecule has 0 radical (unpaired) electrons. The van der Waals surface area contributed by atoms with Crippen LogP contribution in [0.2, 0.25) is 0 Å². The molecule has 0 unspecified atom stereocenters. The monoisotopic (exact) mass is 225 g/mol. The Kier molecular flexibility index (Phi) is 4.31. The highest BCUT2D eigenvalue weighted by Crippen LogP contribution is 2.10. The predicted octanol–water partition coefficient (Wildman–Crippen LogP) is 0.767. The van der Waals surface area contributed by atoms with Crippen LogP contribution in [0.15, 0.2) is 21.5 Å². The summed E-state index contributed by atoms with van der Waals surface area (Å²) < 4.78 is 0.576. The van der Waals surface area contributed by atoms with E-state index in [2.05, 4.69) is 21.2 Å². The molecule has 0 saturated carbocycles. The van der Waals surface area contributed by atoms with E-state index in [0.717, 1.165) is 0 Å². The van der Waals surface area contributed by atoms with Crippen LogP contribution in [0.3, 0.4) is 0 Å². The Bertz CT molecular complexity index is 172. The molecule has 58 valence electrons. The first-order valence-corrected chi connectivity index (χ1v) is 3.70. The van der Waals surface area contributed by atoms with E-state index in [0.29, 0.717) is 9.64 Å². The standard InChI is InChI=1S/C5H9BrClN3/c1-10-4(7)2-3(6)5(8)9/h2,10H,8-9H2,1H3/b4-2-. The topological polar surface area (TPSA) is 64.1 Å². The Labute approximate surface area is 73.2 Å². The number of allylic oxidation sites excluding steroid dienone is 2. The minimum absolute atomic E-state index is 0.202. The second-order valence-electron chi connectivity index (χ2n) is 1.55. The van der Waals surface area contributed by atoms with E-state index in [1.54, 1.807) is 13.1 Å². The molecule has 0 spiro atoms. The van der Waals surface area contributed by atoms with Gasteiger partial charge in [0.05, 0.1) is 4.48 Å². The molecule has 5 N–H and O–H groups in total. The van der Waals surface area contributed by atoms with E-state index in [4.69, 9.17) is 23.1 Å². The van der Waals surface area contributed by atoms with E-state index < -0.39 is 0 Å². The molecule has 0 aromatic carbocycles. The maximum atomic E-state index is 5.58. The van der Waals surface area contributed by atoms with Crippen LogP contribution in [0.5, 0.6) is 0 Å². The summed E-state index contributed by atoms with van der Waals surface area (Å²) in [6.45, 7) is 0. The van der Waals surface area contributed by atoms with E-state index in [-0.39, 0.29) is 5.82 Å². The molecule has 0 aromatic heterocycles. The molecule has 0 saturated heterocycles. The van der Waals surface area contributed by atoms with Crippen molar-refractivity contribution in [2.24, 2.45) is 11.5 Å². The van der Waals surface area contributed by atoms with Gasteiger partial charge in [-0.2, -0.15) is 0 Å². The van der Waals surface area contributed by atoms with Crippen LogP contribution in [0.1, 0.15) is 0 Å². The van der Waals surface area contributed by atoms with Crippen LogP contribution in [0, 0.1) is 0 Å². The normalized spacial score (nSPS) is 10.9. The molecule has 0 rings (SSSR count). The quantitative estimate of drug-likeness (QED) is 0.481. The summed E-state index contributed by atoms with van der Waals surface area (Å²) in [5, 5.41) is 3.17. The molecular formula is C5H9BrClN3. The van der Waals surface area contributed by atoms with Crippen molar-refractivity contribution in [3.8, 4) is 0 Å². The van der Waals surface area contributed by atoms with Crippen molar-refractivity contribution in [2.45, 2.75) is 0 Å². The van der Waals surface area contributed by atoms with Crippen molar-refractivity contribution in [2.75, 3.05) is 7.05 Å². The Morgan fingerprint density at radius 1 is 1.60 bits per heavy atom. The second-order valence-corrected chi connectivity index (χ2v) is 2.81. The van der Waals surface area contributed by atoms with Crippen molar-refractivity contribution in [3.05, 3.63) is 21.5 Å². The molecule has 0 amide bonds. The van der Waals surface area contributed by atoms with E-state index in [1.807, 2.05) is 0 Å². The van der Waals surface area contributed by atoms with Crippen LogP contribution in [0.4, 0.5) is 0 Å². The first-order chi connectivity index (χ1) is 4.57. The van der Waals surface area contributed by atoms with E-state index in [1.165, 1.54) is 0 Å². The molecule has 0 aliphatic heterocycles. The fraction of sp³-hybridized carbons (Fsp3) is 0.200. The van der Waals surface area contributed by atoms with Crippen molar-refractivity contribution >= 4 is 27.5 Å². The van der Waals surface area contributed by atoms with Gasteiger partial charge in [0, 0.05) is 7.05 Å². The molecule has 3 nitrogen and oxygen atoms in total. The first kappa shape index (κ1) is 9.65. The van der Waals surface area contributed by atoms with Gasteiger partial charge in [-0.3, -0.25) is 0 Å². The fourth-order valence-electron chi connectivity index (χ4n) is 0.267. The molecular weight excluding hydrogens is 217 g/mol. The first-order valence-electron chi connectivity index (χ1n) is 2.53. The lowest BCUT2D eigenvalue weighted by molar-refractivity contribution is 1.07. The number of rotatable bonds is 2. The minimum Gasteiger partial charge on any atom is -0.385 e. The second kappa shape index (κ2) is 4.46. The van der Waals surface area contributed by atoms with Crippen molar-refractivity contribution in [3.63, 3.8) is 0 Å². The Morgan fingerprint density at radius 3 is 2.40 bits per heavy atom. The molecule has 0 aliphatic carbocycles. The lowest BCUT2D eigenvalue weighted by atomic mass is 10.5. The summed E-state index contributed by atoms with van der Waals surface area (Å²) in [5.41, 5.74) is 10.4. The highest BCUT2D eigenvalue weighted by Gasteiger charge is 1.92. The molecule has 0 aromatic rings. The van der Waals surface area contributed by atoms with Gasteiger partial charge >= 0.3 is 0 Å². The molecule has 10 heavy (non-hydrogen) atoms. The number of nitrogens with one attached hydrogen (secondary N) is 1. The molecule has 0 fully saturated rings. The predicted molar refractivity (Wildman–Crippen MR) is 47.3 cm³/mol. The largest absolute Gasteiger partial charge is 0.385 e. The van der Waals surface area contributed by atoms with Gasteiger partial charge in [-0.25, -0.2) is 0 Å². The van der Waals surface area contributed by atoms with Crippen LogP contribution in [0.25, 0.3) is 0 Å². The van der Waals surface area contributed by atoms with Gasteiger partial charge < -0.3 is 16.8 Å².